The van der Waals surface area contributed by atoms with Gasteiger partial charge in [0.1, 0.15) is 6.04 Å². The highest BCUT2D eigenvalue weighted by Gasteiger charge is 2.13. The zero-order valence-electron chi connectivity index (χ0n) is 12.6. The Hall–Kier alpha value is -2.08. The molecule has 2 rings (SSSR count). The molecule has 2 N–H and O–H groups in total. The van der Waals surface area contributed by atoms with E-state index >= 15 is 0 Å². The number of rotatable bonds is 7. The minimum atomic E-state index is -0.460. The highest BCUT2D eigenvalue weighted by atomic mass is 32.1. The van der Waals surface area contributed by atoms with Gasteiger partial charge in [-0.2, -0.15) is 0 Å². The van der Waals surface area contributed by atoms with Crippen LogP contribution in [-0.4, -0.2) is 25.6 Å². The molecule has 0 aliphatic carbocycles. The summed E-state index contributed by atoms with van der Waals surface area (Å²) in [6.45, 7) is 2.32. The van der Waals surface area contributed by atoms with Gasteiger partial charge in [-0.05, 0) is 36.9 Å². The second-order valence-electron chi connectivity index (χ2n) is 4.84. The van der Waals surface area contributed by atoms with E-state index in [1.54, 1.807) is 24.3 Å². The molecule has 1 aromatic heterocycles. The van der Waals surface area contributed by atoms with Gasteiger partial charge in [0.05, 0.1) is 7.11 Å². The summed E-state index contributed by atoms with van der Waals surface area (Å²) in [5, 5.41) is 7.85. The first-order chi connectivity index (χ1) is 10.6. The third-order valence-corrected chi connectivity index (χ3v) is 4.12. The molecule has 0 unspecified atom stereocenters. The van der Waals surface area contributed by atoms with E-state index in [-0.39, 0.29) is 11.7 Å². The van der Waals surface area contributed by atoms with Crippen LogP contribution >= 0.6 is 11.3 Å². The molecule has 0 aliphatic heterocycles. The number of nitrogens with one attached hydrogen (secondary N) is 2. The maximum Gasteiger partial charge on any atom is 0.242 e. The van der Waals surface area contributed by atoms with Crippen molar-refractivity contribution in [3.05, 3.63) is 46.4 Å². The minimum absolute atomic E-state index is 0.118. The summed E-state index contributed by atoms with van der Waals surface area (Å²) in [6.07, 6.45) is 0.813. The first kappa shape index (κ1) is 16.3. The number of amides is 1. The number of ether oxygens (including phenoxy) is 1. The molecule has 0 saturated carbocycles. The van der Waals surface area contributed by atoms with Crippen molar-refractivity contribution in [1.82, 2.24) is 5.32 Å². The summed E-state index contributed by atoms with van der Waals surface area (Å²) in [5.41, 5.74) is 0.541. The standard InChI is InChI=1S/C16H19FN2O2S/c1-11(16(20)18-8-7-13-4-3-9-22-13)19-12-5-6-15(21-2)14(17)10-12/h3-6,9-11,19H,7-8H2,1-2H3,(H,18,20)/t11-/m1/s1. The fourth-order valence-corrected chi connectivity index (χ4v) is 2.70. The molecule has 0 aliphatic rings. The van der Waals surface area contributed by atoms with Crippen molar-refractivity contribution in [3.63, 3.8) is 0 Å². The van der Waals surface area contributed by atoms with Gasteiger partial charge in [-0.25, -0.2) is 4.39 Å². The van der Waals surface area contributed by atoms with E-state index in [1.807, 2.05) is 17.5 Å². The molecule has 118 valence electrons. The highest BCUT2D eigenvalue weighted by Crippen LogP contribution is 2.21. The van der Waals surface area contributed by atoms with E-state index in [1.165, 1.54) is 24.1 Å². The molecule has 4 nitrogen and oxygen atoms in total. The number of carbonyl (C=O) groups excluding carboxylic acids is 1. The first-order valence-corrected chi connectivity index (χ1v) is 7.88. The molecule has 1 aromatic carbocycles. The first-order valence-electron chi connectivity index (χ1n) is 7.00. The molecule has 0 spiro atoms. The fourth-order valence-electron chi connectivity index (χ4n) is 1.99. The summed E-state index contributed by atoms with van der Waals surface area (Å²) >= 11 is 1.67. The number of hydrogen-bond acceptors (Lipinski definition) is 4. The molecule has 22 heavy (non-hydrogen) atoms. The van der Waals surface area contributed by atoms with Gasteiger partial charge in [-0.1, -0.05) is 6.07 Å². The summed E-state index contributed by atoms with van der Waals surface area (Å²) in [5.74, 6) is -0.399. The quantitative estimate of drug-likeness (QED) is 0.824. The van der Waals surface area contributed by atoms with Crippen LogP contribution in [0.15, 0.2) is 35.7 Å². The Labute approximate surface area is 133 Å². The van der Waals surface area contributed by atoms with Crippen LogP contribution in [0.25, 0.3) is 0 Å². The van der Waals surface area contributed by atoms with Crippen LogP contribution < -0.4 is 15.4 Å². The molecule has 0 bridgehead atoms. The third kappa shape index (κ3) is 4.46. The smallest absolute Gasteiger partial charge is 0.242 e. The van der Waals surface area contributed by atoms with Crippen LogP contribution in [-0.2, 0) is 11.2 Å². The lowest BCUT2D eigenvalue weighted by molar-refractivity contribution is -0.121. The van der Waals surface area contributed by atoms with E-state index < -0.39 is 11.9 Å². The summed E-state index contributed by atoms with van der Waals surface area (Å²) in [7, 11) is 1.41. The molecular formula is C16H19FN2O2S. The highest BCUT2D eigenvalue weighted by molar-refractivity contribution is 7.09. The lowest BCUT2D eigenvalue weighted by Crippen LogP contribution is -2.38. The van der Waals surface area contributed by atoms with Crippen molar-refractivity contribution in [2.45, 2.75) is 19.4 Å². The number of methoxy groups -OCH3 is 1. The average molecular weight is 322 g/mol. The predicted molar refractivity (Wildman–Crippen MR) is 87.1 cm³/mol. The van der Waals surface area contributed by atoms with Gasteiger partial charge in [-0.15, -0.1) is 11.3 Å². The summed E-state index contributed by atoms with van der Waals surface area (Å²) in [6, 6.07) is 8.10. The van der Waals surface area contributed by atoms with Crippen molar-refractivity contribution in [1.29, 1.82) is 0 Å². The number of anilines is 1. The van der Waals surface area contributed by atoms with E-state index in [4.69, 9.17) is 4.74 Å². The second kappa shape index (κ2) is 7.79. The van der Waals surface area contributed by atoms with E-state index in [9.17, 15) is 9.18 Å². The van der Waals surface area contributed by atoms with Crippen LogP contribution in [0.4, 0.5) is 10.1 Å². The third-order valence-electron chi connectivity index (χ3n) is 3.18. The maximum atomic E-state index is 13.6. The SMILES string of the molecule is COc1ccc(N[C@H](C)C(=O)NCCc2cccs2)cc1F. The van der Waals surface area contributed by atoms with E-state index in [2.05, 4.69) is 10.6 Å². The van der Waals surface area contributed by atoms with Crippen molar-refractivity contribution in [3.8, 4) is 5.75 Å². The molecule has 1 atom stereocenters. The maximum absolute atomic E-state index is 13.6. The van der Waals surface area contributed by atoms with Crippen LogP contribution in [0.2, 0.25) is 0 Å². The second-order valence-corrected chi connectivity index (χ2v) is 5.87. The largest absolute Gasteiger partial charge is 0.494 e. The Balaban J connectivity index is 1.81. The number of halogens is 1. The van der Waals surface area contributed by atoms with Gasteiger partial charge in [0.15, 0.2) is 11.6 Å². The molecular weight excluding hydrogens is 303 g/mol. The Morgan fingerprint density at radius 1 is 1.41 bits per heavy atom. The molecule has 0 fully saturated rings. The number of carbonyl (C=O) groups is 1. The molecule has 6 heteroatoms. The summed E-state index contributed by atoms with van der Waals surface area (Å²) < 4.78 is 18.5. The van der Waals surface area contributed by atoms with Gasteiger partial charge in [0.2, 0.25) is 5.91 Å². The van der Waals surface area contributed by atoms with Gasteiger partial charge in [0, 0.05) is 23.2 Å². The number of thiophene rings is 1. The van der Waals surface area contributed by atoms with Crippen molar-refractivity contribution < 1.29 is 13.9 Å². The van der Waals surface area contributed by atoms with Crippen LogP contribution in [0, 0.1) is 5.82 Å². The Bertz CT molecular complexity index is 617. The molecule has 0 radical (unpaired) electrons. The monoisotopic (exact) mass is 322 g/mol. The van der Waals surface area contributed by atoms with Crippen LogP contribution in [0.1, 0.15) is 11.8 Å². The zero-order chi connectivity index (χ0) is 15.9. The normalized spacial score (nSPS) is 11.8. The van der Waals surface area contributed by atoms with Crippen molar-refractivity contribution in [2.24, 2.45) is 0 Å². The lowest BCUT2D eigenvalue weighted by atomic mass is 10.2. The van der Waals surface area contributed by atoms with Gasteiger partial charge >= 0.3 is 0 Å². The zero-order valence-corrected chi connectivity index (χ0v) is 13.4. The Kier molecular flexibility index (Phi) is 5.77. The van der Waals surface area contributed by atoms with Gasteiger partial charge < -0.3 is 15.4 Å². The minimum Gasteiger partial charge on any atom is -0.494 e. The Morgan fingerprint density at radius 3 is 2.86 bits per heavy atom. The Morgan fingerprint density at radius 2 is 2.23 bits per heavy atom. The molecule has 1 heterocycles. The van der Waals surface area contributed by atoms with Crippen molar-refractivity contribution in [2.75, 3.05) is 19.0 Å². The molecule has 2 aromatic rings. The fraction of sp³-hybridized carbons (Fsp3) is 0.312. The summed E-state index contributed by atoms with van der Waals surface area (Å²) in [4.78, 5) is 13.2. The van der Waals surface area contributed by atoms with Crippen LogP contribution in [0.3, 0.4) is 0 Å². The van der Waals surface area contributed by atoms with E-state index in [0.717, 1.165) is 6.42 Å². The van der Waals surface area contributed by atoms with Gasteiger partial charge in [0.25, 0.3) is 0 Å². The van der Waals surface area contributed by atoms with Crippen LogP contribution in [0.5, 0.6) is 5.75 Å². The average Bonchev–Trinajstić information content (AvgIpc) is 3.00. The van der Waals surface area contributed by atoms with Crippen molar-refractivity contribution >= 4 is 22.9 Å². The number of hydrogen-bond donors (Lipinski definition) is 2. The van der Waals surface area contributed by atoms with E-state index in [0.29, 0.717) is 12.2 Å². The lowest BCUT2D eigenvalue weighted by Gasteiger charge is -2.15. The predicted octanol–water partition coefficient (Wildman–Crippen LogP) is 3.06. The number of benzene rings is 1. The van der Waals surface area contributed by atoms with Gasteiger partial charge in [-0.3, -0.25) is 4.79 Å². The molecule has 0 saturated heterocycles. The topological polar surface area (TPSA) is 50.4 Å². The molecule has 1 amide bonds.